The van der Waals surface area contributed by atoms with Gasteiger partial charge in [0.25, 0.3) is 0 Å². The van der Waals surface area contributed by atoms with E-state index in [1.54, 1.807) is 6.07 Å². The van der Waals surface area contributed by atoms with Crippen molar-refractivity contribution in [2.45, 2.75) is 25.3 Å². The molecule has 31 heavy (non-hydrogen) atoms. The molecule has 1 spiro atoms. The highest BCUT2D eigenvalue weighted by molar-refractivity contribution is 6.25. The summed E-state index contributed by atoms with van der Waals surface area (Å²) in [5.74, 6) is -2.00. The average molecular weight is 423 g/mol. The monoisotopic (exact) mass is 423 g/mol. The molecule has 5 rings (SSSR count). The number of rotatable bonds is 1. The van der Waals surface area contributed by atoms with Gasteiger partial charge in [0, 0.05) is 26.3 Å². The lowest BCUT2D eigenvalue weighted by atomic mass is 9.68. The Kier molecular flexibility index (Phi) is 4.08. The lowest BCUT2D eigenvalue weighted by Crippen LogP contribution is -2.70. The van der Waals surface area contributed by atoms with Gasteiger partial charge in [-0.1, -0.05) is 6.07 Å². The first kappa shape index (κ1) is 19.5. The lowest BCUT2D eigenvalue weighted by Gasteiger charge is -2.50. The van der Waals surface area contributed by atoms with Gasteiger partial charge in [-0.05, 0) is 48.6 Å². The smallest absolute Gasteiger partial charge is 0.342 e. The van der Waals surface area contributed by atoms with Crippen LogP contribution in [-0.4, -0.2) is 72.7 Å². The van der Waals surface area contributed by atoms with Gasteiger partial charge in [-0.15, -0.1) is 0 Å². The summed E-state index contributed by atoms with van der Waals surface area (Å²) in [5.41, 5.74) is 0.915. The van der Waals surface area contributed by atoms with Crippen LogP contribution in [0.1, 0.15) is 24.0 Å². The van der Waals surface area contributed by atoms with Gasteiger partial charge in [0.05, 0.1) is 6.04 Å². The number of imide groups is 2. The number of Topliss-reactive ketones (excluding diaryl/α,β-unsaturated/α-hetero) is 1. The van der Waals surface area contributed by atoms with Gasteiger partial charge >= 0.3 is 12.0 Å². The molecule has 0 N–H and O–H groups in total. The number of barbiturate groups is 1. The summed E-state index contributed by atoms with van der Waals surface area (Å²) >= 11 is 0. The molecule has 4 aliphatic rings. The molecular formula is C22H21N3O6. The van der Waals surface area contributed by atoms with E-state index in [0.29, 0.717) is 18.5 Å². The van der Waals surface area contributed by atoms with E-state index in [9.17, 15) is 24.0 Å². The van der Waals surface area contributed by atoms with Crippen molar-refractivity contribution in [1.82, 2.24) is 9.80 Å². The van der Waals surface area contributed by atoms with Crippen LogP contribution < -0.4 is 4.90 Å². The Morgan fingerprint density at radius 1 is 1.06 bits per heavy atom. The zero-order chi connectivity index (χ0) is 22.1. The molecule has 0 saturated carbocycles. The van der Waals surface area contributed by atoms with Crippen molar-refractivity contribution in [2.24, 2.45) is 5.41 Å². The Balaban J connectivity index is 1.63. The number of hydrogen-bond donors (Lipinski definition) is 0. The summed E-state index contributed by atoms with van der Waals surface area (Å²) in [5, 5.41) is 0. The van der Waals surface area contributed by atoms with Crippen LogP contribution in [0.15, 0.2) is 23.8 Å². The largest absolute Gasteiger partial charge is 0.454 e. The van der Waals surface area contributed by atoms with Crippen molar-refractivity contribution < 1.29 is 28.7 Å². The lowest BCUT2D eigenvalue weighted by molar-refractivity contribution is -0.159. The fraction of sp³-hybridized carbons (Fsp3) is 0.409. The van der Waals surface area contributed by atoms with Crippen molar-refractivity contribution in [3.05, 3.63) is 34.9 Å². The summed E-state index contributed by atoms with van der Waals surface area (Å²) in [6.07, 6.45) is 3.14. The molecule has 0 bridgehead atoms. The molecule has 4 aliphatic heterocycles. The van der Waals surface area contributed by atoms with Crippen LogP contribution in [0.3, 0.4) is 0 Å². The number of amides is 4. The minimum Gasteiger partial charge on any atom is -0.454 e. The maximum absolute atomic E-state index is 13.4. The standard InChI is InChI=1S/C22H21N3O6/c1-23-19(28)22(20(29)24(2)21(23)30)10-13-8-12(9-14-16(26)11-31-18(14)27)5-6-15(13)25-7-3-4-17(22)25/h5-6,8-9,17H,3-4,7,10-11H2,1-2H3/b14-9-/t17-/m0/s1. The summed E-state index contributed by atoms with van der Waals surface area (Å²) in [6.45, 7) is 0.441. The number of ether oxygens (including phenoxy) is 1. The first-order valence-electron chi connectivity index (χ1n) is 10.2. The van der Waals surface area contributed by atoms with Crippen LogP contribution in [0.25, 0.3) is 6.08 Å². The second kappa shape index (κ2) is 6.50. The molecule has 3 fully saturated rings. The molecular weight excluding hydrogens is 402 g/mol. The van der Waals surface area contributed by atoms with Gasteiger partial charge in [-0.3, -0.25) is 24.2 Å². The number of ketones is 1. The second-order valence-electron chi connectivity index (χ2n) is 8.46. The number of esters is 1. The highest BCUT2D eigenvalue weighted by Gasteiger charge is 2.63. The van der Waals surface area contributed by atoms with E-state index in [1.165, 1.54) is 20.2 Å². The van der Waals surface area contributed by atoms with Crippen LogP contribution in [-0.2, 0) is 30.3 Å². The predicted octanol–water partition coefficient (Wildman–Crippen LogP) is 0.758. The fourth-order valence-electron chi connectivity index (χ4n) is 5.33. The van der Waals surface area contributed by atoms with Gasteiger partial charge < -0.3 is 9.64 Å². The van der Waals surface area contributed by atoms with Crippen molar-refractivity contribution in [1.29, 1.82) is 0 Å². The van der Waals surface area contributed by atoms with E-state index in [-0.39, 0.29) is 30.4 Å². The zero-order valence-electron chi connectivity index (χ0n) is 17.2. The zero-order valence-corrected chi connectivity index (χ0v) is 17.2. The Morgan fingerprint density at radius 2 is 1.77 bits per heavy atom. The van der Waals surface area contributed by atoms with Crippen LogP contribution in [0, 0.1) is 5.41 Å². The Morgan fingerprint density at radius 3 is 2.42 bits per heavy atom. The van der Waals surface area contributed by atoms with E-state index >= 15 is 0 Å². The molecule has 1 atom stereocenters. The van der Waals surface area contributed by atoms with Crippen LogP contribution in [0.4, 0.5) is 10.5 Å². The number of fused-ring (bicyclic) bond motifs is 4. The number of nitrogens with zero attached hydrogens (tertiary/aromatic N) is 3. The first-order valence-corrected chi connectivity index (χ1v) is 10.2. The number of urea groups is 1. The molecule has 4 heterocycles. The van der Waals surface area contributed by atoms with Gasteiger partial charge in [0.15, 0.2) is 12.0 Å². The maximum atomic E-state index is 13.4. The van der Waals surface area contributed by atoms with Gasteiger partial charge in [-0.2, -0.15) is 0 Å². The van der Waals surface area contributed by atoms with Gasteiger partial charge in [-0.25, -0.2) is 9.59 Å². The second-order valence-corrected chi connectivity index (χ2v) is 8.46. The molecule has 1 aromatic carbocycles. The van der Waals surface area contributed by atoms with E-state index < -0.39 is 29.2 Å². The van der Waals surface area contributed by atoms with Crippen molar-refractivity contribution in [3.8, 4) is 0 Å². The Hall–Kier alpha value is -3.49. The van der Waals surface area contributed by atoms with Crippen molar-refractivity contribution >= 4 is 41.4 Å². The molecule has 0 unspecified atom stereocenters. The van der Waals surface area contributed by atoms with Crippen molar-refractivity contribution in [3.63, 3.8) is 0 Å². The SMILES string of the molecule is CN1C(=O)N(C)C(=O)C2(Cc3cc(/C=C4/C(=O)COC4=O)ccc3N3CCC[C@H]32)C1=O. The molecule has 9 nitrogen and oxygen atoms in total. The summed E-state index contributed by atoms with van der Waals surface area (Å²) in [4.78, 5) is 67.0. The van der Waals surface area contributed by atoms with Crippen LogP contribution in [0.2, 0.25) is 0 Å². The molecule has 9 heteroatoms. The minimum atomic E-state index is -1.38. The molecule has 0 radical (unpaired) electrons. The first-order chi connectivity index (χ1) is 14.8. The van der Waals surface area contributed by atoms with Gasteiger partial charge in [0.1, 0.15) is 5.57 Å². The van der Waals surface area contributed by atoms with E-state index in [0.717, 1.165) is 27.5 Å². The van der Waals surface area contributed by atoms with E-state index in [2.05, 4.69) is 4.90 Å². The highest BCUT2D eigenvalue weighted by Crippen LogP contribution is 2.49. The van der Waals surface area contributed by atoms with Crippen LogP contribution in [0.5, 0.6) is 0 Å². The quantitative estimate of drug-likeness (QED) is 0.284. The third-order valence-electron chi connectivity index (χ3n) is 6.82. The Labute approximate surface area is 178 Å². The molecule has 3 saturated heterocycles. The molecule has 4 amide bonds. The third-order valence-corrected chi connectivity index (χ3v) is 6.82. The van der Waals surface area contributed by atoms with Gasteiger partial charge in [0.2, 0.25) is 17.6 Å². The number of cyclic esters (lactones) is 1. The predicted molar refractivity (Wildman–Crippen MR) is 108 cm³/mol. The van der Waals surface area contributed by atoms with Crippen LogP contribution >= 0.6 is 0 Å². The number of anilines is 1. The summed E-state index contributed by atoms with van der Waals surface area (Å²) in [6, 6.07) is 4.55. The number of hydrogen-bond acceptors (Lipinski definition) is 7. The topological polar surface area (TPSA) is 104 Å². The normalized spacial score (nSPS) is 26.1. The minimum absolute atomic E-state index is 0.0144. The third kappa shape index (κ3) is 2.52. The van der Waals surface area contributed by atoms with E-state index in [4.69, 9.17) is 4.74 Å². The van der Waals surface area contributed by atoms with E-state index in [1.807, 2.05) is 12.1 Å². The van der Waals surface area contributed by atoms with Crippen molar-refractivity contribution in [2.75, 3.05) is 32.1 Å². The molecule has 1 aromatic rings. The highest BCUT2D eigenvalue weighted by atomic mass is 16.5. The fourth-order valence-corrected chi connectivity index (χ4v) is 5.33. The number of carbonyl (C=O) groups excluding carboxylic acids is 5. The maximum Gasteiger partial charge on any atom is 0.342 e. The average Bonchev–Trinajstić information content (AvgIpc) is 3.38. The molecule has 160 valence electrons. The molecule has 0 aromatic heterocycles. The number of benzene rings is 1. The number of carbonyl (C=O) groups is 5. The summed E-state index contributed by atoms with van der Waals surface area (Å²) in [7, 11) is 2.81. The summed E-state index contributed by atoms with van der Waals surface area (Å²) < 4.78 is 4.77. The Bertz CT molecular complexity index is 1060. The molecule has 0 aliphatic carbocycles.